The Morgan fingerprint density at radius 1 is 1.47 bits per heavy atom. The molecule has 7 heteroatoms. The predicted molar refractivity (Wildman–Crippen MR) is 71.9 cm³/mol. The van der Waals surface area contributed by atoms with Crippen molar-refractivity contribution in [3.8, 4) is 10.4 Å². The van der Waals surface area contributed by atoms with E-state index in [1.54, 1.807) is 18.2 Å². The third kappa shape index (κ3) is 2.45. The Kier molecular flexibility index (Phi) is 3.69. The van der Waals surface area contributed by atoms with E-state index in [-0.39, 0.29) is 5.69 Å². The molecule has 1 aromatic carbocycles. The zero-order chi connectivity index (χ0) is 12.4. The van der Waals surface area contributed by atoms with Crippen LogP contribution in [0.3, 0.4) is 0 Å². The molecule has 0 aliphatic carbocycles. The van der Waals surface area contributed by atoms with Crippen LogP contribution in [-0.2, 0) is 0 Å². The van der Waals surface area contributed by atoms with Crippen LogP contribution in [-0.4, -0.2) is 10.9 Å². The molecule has 2 aromatic rings. The number of rotatable bonds is 2. The summed E-state index contributed by atoms with van der Waals surface area (Å²) in [4.78, 5) is 16.0. The van der Waals surface area contributed by atoms with Crippen LogP contribution in [0.1, 0.15) is 10.5 Å². The van der Waals surface area contributed by atoms with Gasteiger partial charge in [0.2, 0.25) is 0 Å². The molecule has 0 aliphatic rings. The van der Waals surface area contributed by atoms with Crippen molar-refractivity contribution in [3.63, 3.8) is 0 Å². The van der Waals surface area contributed by atoms with Gasteiger partial charge in [-0.15, -0.1) is 11.3 Å². The minimum Gasteiger partial charge on any atom is -0.289 e. The number of nitrogens with one attached hydrogen (secondary N) is 1. The quantitative estimate of drug-likeness (QED) is 0.372. The number of carbonyl (C=O) groups is 1. The first-order valence-electron chi connectivity index (χ1n) is 4.55. The molecule has 88 valence electrons. The van der Waals surface area contributed by atoms with Crippen LogP contribution in [0.2, 0.25) is 0 Å². The maximum absolute atomic E-state index is 13.6. The van der Waals surface area contributed by atoms with E-state index in [1.165, 1.54) is 17.4 Å². The molecular weight excluding hydrogens is 356 g/mol. The standard InChI is InChI=1S/C10H7FIN3OS/c11-6-4-2-1-3-5(6)8-7(9(16)15-13)14-10(12)17-8/h1-4H,13H2,(H,15,16). The van der Waals surface area contributed by atoms with E-state index >= 15 is 0 Å². The summed E-state index contributed by atoms with van der Waals surface area (Å²) < 4.78 is 14.3. The molecule has 0 bridgehead atoms. The zero-order valence-corrected chi connectivity index (χ0v) is 11.4. The highest BCUT2D eigenvalue weighted by Gasteiger charge is 2.19. The molecule has 0 atom stereocenters. The van der Waals surface area contributed by atoms with Gasteiger partial charge in [0.25, 0.3) is 5.91 Å². The summed E-state index contributed by atoms with van der Waals surface area (Å²) in [7, 11) is 0. The lowest BCUT2D eigenvalue weighted by atomic mass is 10.1. The first-order chi connectivity index (χ1) is 8.13. The Morgan fingerprint density at radius 2 is 2.18 bits per heavy atom. The van der Waals surface area contributed by atoms with Crippen molar-refractivity contribution in [2.75, 3.05) is 0 Å². The Balaban J connectivity index is 2.60. The number of nitrogen functional groups attached to an aromatic ring is 1. The highest BCUT2D eigenvalue weighted by Crippen LogP contribution is 2.32. The smallest absolute Gasteiger partial charge is 0.285 e. The molecule has 3 N–H and O–H groups in total. The van der Waals surface area contributed by atoms with Gasteiger partial charge in [-0.2, -0.15) is 0 Å². The largest absolute Gasteiger partial charge is 0.289 e. The van der Waals surface area contributed by atoms with Gasteiger partial charge in [0.05, 0.1) is 4.88 Å². The lowest BCUT2D eigenvalue weighted by Gasteiger charge is -2.02. The lowest BCUT2D eigenvalue weighted by molar-refractivity contribution is 0.0950. The zero-order valence-electron chi connectivity index (χ0n) is 8.41. The molecule has 1 aromatic heterocycles. The summed E-state index contributed by atoms with van der Waals surface area (Å²) in [5.41, 5.74) is 2.50. The van der Waals surface area contributed by atoms with Gasteiger partial charge in [0.1, 0.15) is 11.5 Å². The van der Waals surface area contributed by atoms with Crippen molar-refractivity contribution >= 4 is 39.8 Å². The average molecular weight is 363 g/mol. The van der Waals surface area contributed by atoms with E-state index in [1.807, 2.05) is 28.0 Å². The van der Waals surface area contributed by atoms with Crippen LogP contribution in [0.5, 0.6) is 0 Å². The summed E-state index contributed by atoms with van der Waals surface area (Å²) >= 11 is 3.22. The topological polar surface area (TPSA) is 68.0 Å². The van der Waals surface area contributed by atoms with Crippen LogP contribution in [0, 0.1) is 8.83 Å². The van der Waals surface area contributed by atoms with Crippen molar-refractivity contribution in [2.45, 2.75) is 0 Å². The fraction of sp³-hybridized carbons (Fsp3) is 0. The maximum atomic E-state index is 13.6. The first kappa shape index (κ1) is 12.4. The number of carbonyl (C=O) groups excluding carboxylic acids is 1. The molecule has 1 heterocycles. The van der Waals surface area contributed by atoms with E-state index in [0.717, 1.165) is 0 Å². The number of hydrazine groups is 1. The van der Waals surface area contributed by atoms with Gasteiger partial charge in [-0.3, -0.25) is 10.2 Å². The van der Waals surface area contributed by atoms with Crippen molar-refractivity contribution in [1.29, 1.82) is 0 Å². The van der Waals surface area contributed by atoms with Crippen LogP contribution < -0.4 is 11.3 Å². The molecule has 4 nitrogen and oxygen atoms in total. The number of halogens is 2. The number of aromatic nitrogens is 1. The molecular formula is C10H7FIN3OS. The Hall–Kier alpha value is -1.06. The normalized spacial score (nSPS) is 10.3. The summed E-state index contributed by atoms with van der Waals surface area (Å²) in [5.74, 6) is 4.15. The molecule has 0 unspecified atom stereocenters. The molecule has 0 saturated heterocycles. The second kappa shape index (κ2) is 5.07. The van der Waals surface area contributed by atoms with Gasteiger partial charge in [-0.05, 0) is 28.7 Å². The predicted octanol–water partition coefficient (Wildman–Crippen LogP) is 2.16. The van der Waals surface area contributed by atoms with Gasteiger partial charge in [0.15, 0.2) is 3.01 Å². The van der Waals surface area contributed by atoms with Crippen LogP contribution in [0.4, 0.5) is 4.39 Å². The molecule has 17 heavy (non-hydrogen) atoms. The Labute approximate surface area is 114 Å². The number of nitrogens with two attached hydrogens (primary N) is 1. The van der Waals surface area contributed by atoms with E-state index in [4.69, 9.17) is 5.84 Å². The van der Waals surface area contributed by atoms with E-state index in [0.29, 0.717) is 13.5 Å². The molecule has 0 radical (unpaired) electrons. The highest BCUT2D eigenvalue weighted by atomic mass is 127. The third-order valence-electron chi connectivity index (χ3n) is 2.07. The van der Waals surface area contributed by atoms with Crippen molar-refractivity contribution < 1.29 is 9.18 Å². The monoisotopic (exact) mass is 363 g/mol. The molecule has 0 aliphatic heterocycles. The molecule has 0 saturated carbocycles. The minimum absolute atomic E-state index is 0.145. The number of hydrogen-bond donors (Lipinski definition) is 2. The minimum atomic E-state index is -0.526. The van der Waals surface area contributed by atoms with Gasteiger partial charge in [-0.25, -0.2) is 15.2 Å². The highest BCUT2D eigenvalue weighted by molar-refractivity contribution is 14.1. The Bertz CT molecular complexity index is 572. The fourth-order valence-corrected chi connectivity index (χ4v) is 3.06. The second-order valence-corrected chi connectivity index (χ2v) is 5.85. The molecule has 2 rings (SSSR count). The van der Waals surface area contributed by atoms with E-state index in [9.17, 15) is 9.18 Å². The summed E-state index contributed by atoms with van der Waals surface area (Å²) in [6, 6.07) is 6.24. The molecule has 0 fully saturated rings. The number of benzene rings is 1. The maximum Gasteiger partial charge on any atom is 0.285 e. The van der Waals surface area contributed by atoms with Crippen LogP contribution >= 0.6 is 33.9 Å². The SMILES string of the molecule is NNC(=O)c1nc(I)sc1-c1ccccc1F. The fourth-order valence-electron chi connectivity index (χ4n) is 1.34. The van der Waals surface area contributed by atoms with Crippen LogP contribution in [0.25, 0.3) is 10.4 Å². The lowest BCUT2D eigenvalue weighted by Crippen LogP contribution is -2.30. The Morgan fingerprint density at radius 3 is 2.82 bits per heavy atom. The third-order valence-corrected chi connectivity index (χ3v) is 3.84. The van der Waals surface area contributed by atoms with Crippen molar-refractivity contribution in [2.24, 2.45) is 5.84 Å². The van der Waals surface area contributed by atoms with Crippen molar-refractivity contribution in [3.05, 3.63) is 38.8 Å². The van der Waals surface area contributed by atoms with E-state index < -0.39 is 11.7 Å². The molecule has 0 spiro atoms. The van der Waals surface area contributed by atoms with Gasteiger partial charge >= 0.3 is 0 Å². The number of amides is 1. The van der Waals surface area contributed by atoms with E-state index in [2.05, 4.69) is 4.98 Å². The number of nitrogens with zero attached hydrogens (tertiary/aromatic N) is 1. The van der Waals surface area contributed by atoms with Gasteiger partial charge in [0, 0.05) is 5.56 Å². The number of hydrogen-bond acceptors (Lipinski definition) is 4. The average Bonchev–Trinajstić information content (AvgIpc) is 2.71. The van der Waals surface area contributed by atoms with Gasteiger partial charge in [-0.1, -0.05) is 18.2 Å². The number of thiazole rings is 1. The van der Waals surface area contributed by atoms with Crippen LogP contribution in [0.15, 0.2) is 24.3 Å². The summed E-state index contributed by atoms with van der Waals surface area (Å²) in [6.07, 6.45) is 0. The first-order valence-corrected chi connectivity index (χ1v) is 6.45. The molecule has 1 amide bonds. The second-order valence-electron chi connectivity index (χ2n) is 3.10. The van der Waals surface area contributed by atoms with Crippen molar-refractivity contribution in [1.82, 2.24) is 10.4 Å². The summed E-state index contributed by atoms with van der Waals surface area (Å²) in [6.45, 7) is 0. The van der Waals surface area contributed by atoms with Gasteiger partial charge < -0.3 is 0 Å². The summed E-state index contributed by atoms with van der Waals surface area (Å²) in [5, 5.41) is 0.